The van der Waals surface area contributed by atoms with Crippen LogP contribution in [0.4, 0.5) is 0 Å². The van der Waals surface area contributed by atoms with E-state index in [0.29, 0.717) is 26.9 Å². The number of phenols is 1. The highest BCUT2D eigenvalue weighted by Gasteiger charge is 2.24. The molecule has 0 aliphatic carbocycles. The zero-order valence-corrected chi connectivity index (χ0v) is 16.6. The molecule has 7 nitrogen and oxygen atoms in total. The van der Waals surface area contributed by atoms with Crippen LogP contribution in [-0.4, -0.2) is 33.6 Å². The lowest BCUT2D eigenvalue weighted by Gasteiger charge is -2.18. The van der Waals surface area contributed by atoms with Gasteiger partial charge in [0.05, 0.1) is 7.11 Å². The second-order valence-electron chi connectivity index (χ2n) is 6.66. The summed E-state index contributed by atoms with van der Waals surface area (Å²) in [5.74, 6) is -0.714. The SMILES string of the molecule is COS(=O)(=O)c1cc(CS(=O)(=O)O)c2ccc3c(O)cc(C)c4ccc1c2c43. The molecule has 0 heterocycles. The number of hydrogen-bond donors (Lipinski definition) is 2. The van der Waals surface area contributed by atoms with Crippen LogP contribution >= 0.6 is 0 Å². The van der Waals surface area contributed by atoms with Crippen molar-refractivity contribution in [1.82, 2.24) is 0 Å². The van der Waals surface area contributed by atoms with E-state index in [2.05, 4.69) is 4.18 Å². The van der Waals surface area contributed by atoms with E-state index in [9.17, 15) is 26.5 Å². The summed E-state index contributed by atoms with van der Waals surface area (Å²) in [6, 6.07) is 9.49. The second kappa shape index (κ2) is 6.02. The van der Waals surface area contributed by atoms with Gasteiger partial charge in [0.2, 0.25) is 0 Å². The summed E-state index contributed by atoms with van der Waals surface area (Å²) >= 11 is 0. The Hall–Kier alpha value is -2.46. The van der Waals surface area contributed by atoms with Gasteiger partial charge in [-0.25, -0.2) is 0 Å². The summed E-state index contributed by atoms with van der Waals surface area (Å²) in [5, 5.41) is 13.6. The Morgan fingerprint density at radius 2 is 1.46 bits per heavy atom. The van der Waals surface area contributed by atoms with Crippen molar-refractivity contribution in [3.05, 3.63) is 47.5 Å². The van der Waals surface area contributed by atoms with E-state index in [1.54, 1.807) is 30.3 Å². The molecule has 4 aromatic rings. The van der Waals surface area contributed by atoms with Gasteiger partial charge in [0.25, 0.3) is 20.2 Å². The smallest absolute Gasteiger partial charge is 0.297 e. The van der Waals surface area contributed by atoms with Crippen molar-refractivity contribution < 1.29 is 30.7 Å². The van der Waals surface area contributed by atoms with Crippen LogP contribution in [0.5, 0.6) is 5.75 Å². The summed E-state index contributed by atoms with van der Waals surface area (Å²) in [6.45, 7) is 1.82. The molecule has 0 unspecified atom stereocenters. The zero-order valence-electron chi connectivity index (χ0n) is 14.9. The Labute approximate surface area is 161 Å². The van der Waals surface area contributed by atoms with Gasteiger partial charge in [-0.15, -0.1) is 0 Å². The topological polar surface area (TPSA) is 118 Å². The van der Waals surface area contributed by atoms with E-state index in [4.69, 9.17) is 0 Å². The number of rotatable bonds is 4. The maximum absolute atomic E-state index is 12.5. The highest BCUT2D eigenvalue weighted by Crippen LogP contribution is 2.43. The molecule has 146 valence electrons. The largest absolute Gasteiger partial charge is 0.507 e. The molecule has 0 aromatic heterocycles. The molecule has 0 spiro atoms. The van der Waals surface area contributed by atoms with E-state index in [-0.39, 0.29) is 16.2 Å². The van der Waals surface area contributed by atoms with Crippen LogP contribution in [-0.2, 0) is 30.2 Å². The number of phenolic OH excluding ortho intramolecular Hbond substituents is 1. The van der Waals surface area contributed by atoms with E-state index in [1.165, 1.54) is 6.07 Å². The van der Waals surface area contributed by atoms with E-state index >= 15 is 0 Å². The Balaban J connectivity index is 2.33. The van der Waals surface area contributed by atoms with Gasteiger partial charge in [0, 0.05) is 16.2 Å². The van der Waals surface area contributed by atoms with Gasteiger partial charge >= 0.3 is 0 Å². The van der Waals surface area contributed by atoms with Gasteiger partial charge in [-0.3, -0.25) is 8.74 Å². The molecular weight excluding hydrogens is 404 g/mol. The van der Waals surface area contributed by atoms with E-state index in [0.717, 1.165) is 18.1 Å². The van der Waals surface area contributed by atoms with Crippen molar-refractivity contribution in [2.75, 3.05) is 7.11 Å². The fourth-order valence-electron chi connectivity index (χ4n) is 3.80. The molecule has 0 bridgehead atoms. The fraction of sp³-hybridized carbons (Fsp3) is 0.158. The number of hydrogen-bond acceptors (Lipinski definition) is 6. The highest BCUT2D eigenvalue weighted by molar-refractivity contribution is 7.87. The molecule has 0 radical (unpaired) electrons. The summed E-state index contributed by atoms with van der Waals surface area (Å²) in [4.78, 5) is -0.198. The molecule has 0 saturated heterocycles. The second-order valence-corrected chi connectivity index (χ2v) is 9.80. The number of benzene rings is 4. The minimum atomic E-state index is -4.42. The summed E-state index contributed by atoms with van der Waals surface area (Å²) in [6.07, 6.45) is 0. The normalized spacial score (nSPS) is 13.1. The number of aryl methyl sites for hydroxylation is 1. The van der Waals surface area contributed by atoms with Crippen LogP contribution in [0.1, 0.15) is 11.1 Å². The molecule has 0 amide bonds. The van der Waals surface area contributed by atoms with Crippen LogP contribution in [0.15, 0.2) is 41.3 Å². The Morgan fingerprint density at radius 3 is 2.11 bits per heavy atom. The highest BCUT2D eigenvalue weighted by atomic mass is 32.2. The van der Waals surface area contributed by atoms with Crippen molar-refractivity contribution >= 4 is 52.6 Å². The molecule has 2 N–H and O–H groups in total. The molecular formula is C19H16O7S2. The monoisotopic (exact) mass is 420 g/mol. The standard InChI is InChI=1S/C19H16O7S2/c1-10-7-16(20)14-5-4-13-11(9-27(21,22)23)8-17(28(24,25)26-2)15-6-3-12(10)18(14)19(13)15/h3-8,20H,9H2,1-2H3,(H,21,22,23). The molecule has 0 aliphatic heterocycles. The lowest BCUT2D eigenvalue weighted by Crippen LogP contribution is -2.08. The molecule has 4 aromatic carbocycles. The number of aromatic hydroxyl groups is 1. The molecule has 4 rings (SSSR count). The van der Waals surface area contributed by atoms with Crippen molar-refractivity contribution in [3.63, 3.8) is 0 Å². The van der Waals surface area contributed by atoms with Crippen molar-refractivity contribution in [2.24, 2.45) is 0 Å². The third-order valence-corrected chi connectivity index (χ3v) is 6.95. The average molecular weight is 420 g/mol. The van der Waals surface area contributed by atoms with Gasteiger partial charge in [-0.05, 0) is 52.4 Å². The minimum absolute atomic E-state index is 0.0377. The van der Waals surface area contributed by atoms with Crippen molar-refractivity contribution in [1.29, 1.82) is 0 Å². The third kappa shape index (κ3) is 2.78. The van der Waals surface area contributed by atoms with Crippen molar-refractivity contribution in [2.45, 2.75) is 17.6 Å². The first-order valence-corrected chi connectivity index (χ1v) is 11.2. The summed E-state index contributed by atoms with van der Waals surface area (Å²) < 4.78 is 62.1. The third-order valence-electron chi connectivity index (χ3n) is 4.96. The van der Waals surface area contributed by atoms with Crippen molar-refractivity contribution in [3.8, 4) is 5.75 Å². The Kier molecular flexibility index (Phi) is 4.06. The summed E-state index contributed by atoms with van der Waals surface area (Å²) in [5.41, 5.74) is 0.914. The molecule has 0 fully saturated rings. The molecule has 0 atom stereocenters. The Morgan fingerprint density at radius 1 is 0.893 bits per heavy atom. The van der Waals surface area contributed by atoms with Gasteiger partial charge in [0.15, 0.2) is 0 Å². The average Bonchev–Trinajstić information content (AvgIpc) is 2.61. The van der Waals surface area contributed by atoms with Crippen LogP contribution < -0.4 is 0 Å². The first-order chi connectivity index (χ1) is 13.0. The predicted molar refractivity (Wildman–Crippen MR) is 106 cm³/mol. The lowest BCUT2D eigenvalue weighted by molar-refractivity contribution is 0.398. The van der Waals surface area contributed by atoms with Gasteiger partial charge in [-0.1, -0.05) is 18.2 Å². The minimum Gasteiger partial charge on any atom is -0.507 e. The lowest BCUT2D eigenvalue weighted by atomic mass is 9.90. The quantitative estimate of drug-likeness (QED) is 0.295. The fourth-order valence-corrected chi connectivity index (χ4v) is 5.33. The van der Waals surface area contributed by atoms with Crippen LogP contribution in [0.3, 0.4) is 0 Å². The van der Waals surface area contributed by atoms with Crippen LogP contribution in [0.2, 0.25) is 0 Å². The molecule has 0 saturated carbocycles. The molecule has 0 aliphatic rings. The maximum atomic E-state index is 12.5. The van der Waals surface area contributed by atoms with E-state index < -0.39 is 26.0 Å². The Bertz CT molecular complexity index is 1450. The van der Waals surface area contributed by atoms with Crippen LogP contribution in [0.25, 0.3) is 32.3 Å². The first-order valence-electron chi connectivity index (χ1n) is 8.22. The predicted octanol–water partition coefficient (Wildman–Crippen LogP) is 3.32. The summed E-state index contributed by atoms with van der Waals surface area (Å²) in [7, 11) is -7.56. The van der Waals surface area contributed by atoms with Gasteiger partial charge < -0.3 is 5.11 Å². The first kappa shape index (κ1) is 18.9. The van der Waals surface area contributed by atoms with Crippen LogP contribution in [0, 0.1) is 6.92 Å². The van der Waals surface area contributed by atoms with Gasteiger partial charge in [0.1, 0.15) is 16.4 Å². The van der Waals surface area contributed by atoms with E-state index in [1.807, 2.05) is 6.92 Å². The molecule has 28 heavy (non-hydrogen) atoms. The maximum Gasteiger partial charge on any atom is 0.297 e. The zero-order chi connectivity index (χ0) is 20.4. The molecule has 9 heteroatoms. The van der Waals surface area contributed by atoms with Gasteiger partial charge in [-0.2, -0.15) is 16.8 Å².